The predicted molar refractivity (Wildman–Crippen MR) is 73.1 cm³/mol. The number of hydrogen-bond donors (Lipinski definition) is 2. The van der Waals surface area contributed by atoms with Gasteiger partial charge in [0.25, 0.3) is 5.91 Å². The average Bonchev–Trinajstić information content (AvgIpc) is 2.49. The summed E-state index contributed by atoms with van der Waals surface area (Å²) in [6, 6.07) is 13.5. The molecule has 1 unspecified atom stereocenters. The van der Waals surface area contributed by atoms with Crippen LogP contribution in [-0.2, 0) is 4.79 Å². The van der Waals surface area contributed by atoms with Gasteiger partial charge in [-0.3, -0.25) is 4.79 Å². The number of benzene rings is 2. The number of para-hydroxylation sites is 2. The number of fused-ring (bicyclic) bond motifs is 1. The molecule has 5 heteroatoms. The Bertz CT molecular complexity index is 624. The number of carbonyl (C=O) groups excluding carboxylic acids is 1. The summed E-state index contributed by atoms with van der Waals surface area (Å²) in [4.78, 5) is 12.1. The average molecular weight is 271 g/mol. The minimum absolute atomic E-state index is 0.147. The summed E-state index contributed by atoms with van der Waals surface area (Å²) < 4.78 is 11.1. The molecule has 0 fully saturated rings. The first-order valence-electron chi connectivity index (χ1n) is 6.21. The van der Waals surface area contributed by atoms with Crippen molar-refractivity contribution in [2.75, 3.05) is 11.9 Å². The second kappa shape index (κ2) is 5.13. The minimum Gasteiger partial charge on any atom is -0.508 e. The number of amides is 1. The van der Waals surface area contributed by atoms with Gasteiger partial charge in [0.15, 0.2) is 11.5 Å². The van der Waals surface area contributed by atoms with Gasteiger partial charge in [0.1, 0.15) is 12.4 Å². The van der Waals surface area contributed by atoms with Crippen molar-refractivity contribution < 1.29 is 19.4 Å². The molecule has 5 nitrogen and oxygen atoms in total. The number of rotatable bonds is 2. The summed E-state index contributed by atoms with van der Waals surface area (Å²) in [6.07, 6.45) is -0.696. The highest BCUT2D eigenvalue weighted by Crippen LogP contribution is 2.31. The van der Waals surface area contributed by atoms with Crippen molar-refractivity contribution in [3.8, 4) is 17.2 Å². The SMILES string of the molecule is O=C(Nc1ccc(O)cc1)C1COc2ccccc2O1. The molecule has 1 heterocycles. The summed E-state index contributed by atoms with van der Waals surface area (Å²) in [5, 5.41) is 11.9. The van der Waals surface area contributed by atoms with Gasteiger partial charge in [-0.2, -0.15) is 0 Å². The van der Waals surface area contributed by atoms with E-state index in [2.05, 4.69) is 5.32 Å². The molecule has 2 aromatic carbocycles. The van der Waals surface area contributed by atoms with Crippen molar-refractivity contribution in [1.29, 1.82) is 0 Å². The second-order valence-corrected chi connectivity index (χ2v) is 4.40. The molecule has 2 N–H and O–H groups in total. The Hall–Kier alpha value is -2.69. The van der Waals surface area contributed by atoms with Crippen LogP contribution in [0.25, 0.3) is 0 Å². The highest BCUT2D eigenvalue weighted by Gasteiger charge is 2.27. The maximum absolute atomic E-state index is 12.1. The molecule has 0 spiro atoms. The highest BCUT2D eigenvalue weighted by molar-refractivity contribution is 5.94. The first-order chi connectivity index (χ1) is 9.72. The first kappa shape index (κ1) is 12.3. The third kappa shape index (κ3) is 2.51. The number of hydrogen-bond acceptors (Lipinski definition) is 4. The summed E-state index contributed by atoms with van der Waals surface area (Å²) in [5.41, 5.74) is 0.593. The molecule has 1 aliphatic rings. The first-order valence-corrected chi connectivity index (χ1v) is 6.21. The van der Waals surface area contributed by atoms with Crippen LogP contribution >= 0.6 is 0 Å². The smallest absolute Gasteiger partial charge is 0.269 e. The van der Waals surface area contributed by atoms with Crippen molar-refractivity contribution in [2.24, 2.45) is 0 Å². The Morgan fingerprint density at radius 1 is 1.10 bits per heavy atom. The van der Waals surface area contributed by atoms with Crippen LogP contribution in [0, 0.1) is 0 Å². The zero-order valence-corrected chi connectivity index (χ0v) is 10.6. The van der Waals surface area contributed by atoms with Crippen molar-refractivity contribution in [2.45, 2.75) is 6.10 Å². The third-order valence-corrected chi connectivity index (χ3v) is 2.94. The number of ether oxygens (including phenoxy) is 2. The van der Waals surface area contributed by atoms with Gasteiger partial charge < -0.3 is 19.9 Å². The number of anilines is 1. The monoisotopic (exact) mass is 271 g/mol. The van der Waals surface area contributed by atoms with E-state index in [0.717, 1.165) is 0 Å². The van der Waals surface area contributed by atoms with Gasteiger partial charge in [0.05, 0.1) is 0 Å². The quantitative estimate of drug-likeness (QED) is 0.821. The van der Waals surface area contributed by atoms with E-state index < -0.39 is 6.10 Å². The molecule has 102 valence electrons. The van der Waals surface area contributed by atoms with Crippen LogP contribution in [0.3, 0.4) is 0 Å². The largest absolute Gasteiger partial charge is 0.508 e. The Kier molecular flexibility index (Phi) is 3.16. The predicted octanol–water partition coefficient (Wildman–Crippen LogP) is 2.17. The standard InChI is InChI=1S/C15H13NO4/c17-11-7-5-10(6-8-11)16-15(18)14-9-19-12-3-1-2-4-13(12)20-14/h1-8,14,17H,9H2,(H,16,18). The lowest BCUT2D eigenvalue weighted by molar-refractivity contribution is -0.125. The normalized spacial score (nSPS) is 16.5. The van der Waals surface area contributed by atoms with E-state index in [1.54, 1.807) is 24.3 Å². The van der Waals surface area contributed by atoms with E-state index in [0.29, 0.717) is 17.2 Å². The molecule has 1 atom stereocenters. The van der Waals surface area contributed by atoms with Crippen LogP contribution < -0.4 is 14.8 Å². The van der Waals surface area contributed by atoms with Crippen molar-refractivity contribution in [3.63, 3.8) is 0 Å². The molecule has 1 amide bonds. The minimum atomic E-state index is -0.696. The zero-order valence-electron chi connectivity index (χ0n) is 10.6. The van der Waals surface area contributed by atoms with Gasteiger partial charge in [-0.15, -0.1) is 0 Å². The summed E-state index contributed by atoms with van der Waals surface area (Å²) in [6.45, 7) is 0.168. The molecule has 1 aliphatic heterocycles. The van der Waals surface area contributed by atoms with Gasteiger partial charge >= 0.3 is 0 Å². The Labute approximate surface area is 115 Å². The number of carbonyl (C=O) groups is 1. The lowest BCUT2D eigenvalue weighted by Crippen LogP contribution is -2.40. The molecular weight excluding hydrogens is 258 g/mol. The fourth-order valence-electron chi connectivity index (χ4n) is 1.92. The van der Waals surface area contributed by atoms with Gasteiger partial charge in [0.2, 0.25) is 6.10 Å². The van der Waals surface area contributed by atoms with E-state index >= 15 is 0 Å². The van der Waals surface area contributed by atoms with E-state index in [-0.39, 0.29) is 18.3 Å². The van der Waals surface area contributed by atoms with E-state index in [9.17, 15) is 9.90 Å². The molecule has 0 saturated carbocycles. The molecule has 0 aliphatic carbocycles. The van der Waals surface area contributed by atoms with Crippen molar-refractivity contribution >= 4 is 11.6 Å². The summed E-state index contributed by atoms with van der Waals surface area (Å²) in [7, 11) is 0. The number of aromatic hydroxyl groups is 1. The van der Waals surface area contributed by atoms with Crippen LogP contribution in [0.2, 0.25) is 0 Å². The molecule has 0 radical (unpaired) electrons. The molecule has 2 aromatic rings. The topological polar surface area (TPSA) is 67.8 Å². The van der Waals surface area contributed by atoms with E-state index in [1.807, 2.05) is 12.1 Å². The van der Waals surface area contributed by atoms with Crippen molar-refractivity contribution in [3.05, 3.63) is 48.5 Å². The Morgan fingerprint density at radius 3 is 2.55 bits per heavy atom. The van der Waals surface area contributed by atoms with Crippen LogP contribution in [0.15, 0.2) is 48.5 Å². The Balaban J connectivity index is 1.68. The van der Waals surface area contributed by atoms with Gasteiger partial charge in [-0.1, -0.05) is 12.1 Å². The van der Waals surface area contributed by atoms with Crippen molar-refractivity contribution in [1.82, 2.24) is 0 Å². The van der Waals surface area contributed by atoms with E-state index in [1.165, 1.54) is 12.1 Å². The number of nitrogens with one attached hydrogen (secondary N) is 1. The van der Waals surface area contributed by atoms with Crippen LogP contribution in [-0.4, -0.2) is 23.7 Å². The maximum atomic E-state index is 12.1. The highest BCUT2D eigenvalue weighted by atomic mass is 16.6. The molecule has 0 saturated heterocycles. The summed E-state index contributed by atoms with van der Waals surface area (Å²) in [5.74, 6) is 1.06. The fraction of sp³-hybridized carbons (Fsp3) is 0.133. The fourth-order valence-corrected chi connectivity index (χ4v) is 1.92. The molecule has 0 bridgehead atoms. The third-order valence-electron chi connectivity index (χ3n) is 2.94. The molecule has 20 heavy (non-hydrogen) atoms. The van der Waals surface area contributed by atoms with Crippen LogP contribution in [0.5, 0.6) is 17.2 Å². The Morgan fingerprint density at radius 2 is 1.80 bits per heavy atom. The van der Waals surface area contributed by atoms with Crippen LogP contribution in [0.4, 0.5) is 5.69 Å². The maximum Gasteiger partial charge on any atom is 0.269 e. The zero-order chi connectivity index (χ0) is 13.9. The number of phenols is 1. The molecular formula is C15H13NO4. The van der Waals surface area contributed by atoms with Crippen LogP contribution in [0.1, 0.15) is 0 Å². The van der Waals surface area contributed by atoms with Gasteiger partial charge in [-0.25, -0.2) is 0 Å². The molecule has 3 rings (SSSR count). The van der Waals surface area contributed by atoms with E-state index in [4.69, 9.17) is 9.47 Å². The lowest BCUT2D eigenvalue weighted by atomic mass is 10.2. The lowest BCUT2D eigenvalue weighted by Gasteiger charge is -2.25. The second-order valence-electron chi connectivity index (χ2n) is 4.40. The van der Waals surface area contributed by atoms with Gasteiger partial charge in [0, 0.05) is 5.69 Å². The molecule has 0 aromatic heterocycles. The number of phenolic OH excluding ortho intramolecular Hbond substituents is 1. The summed E-state index contributed by atoms with van der Waals surface area (Å²) >= 11 is 0. The van der Waals surface area contributed by atoms with Gasteiger partial charge in [-0.05, 0) is 36.4 Å².